The first-order valence-electron chi connectivity index (χ1n) is 7.81. The molecule has 0 N–H and O–H groups in total. The molecule has 0 bridgehead atoms. The van der Waals surface area contributed by atoms with Gasteiger partial charge in [0.2, 0.25) is 0 Å². The molecule has 6 nitrogen and oxygen atoms in total. The SMILES string of the molecule is COc1cc(OC)c2c(OC)c3c(c(OC)c2c1OC)C=C(C)OC3. The number of methoxy groups -OCH3 is 5. The Balaban J connectivity index is 2.60. The van der Waals surface area contributed by atoms with E-state index in [1.807, 2.05) is 13.0 Å². The molecule has 0 aromatic heterocycles. The Morgan fingerprint density at radius 1 is 0.760 bits per heavy atom. The summed E-state index contributed by atoms with van der Waals surface area (Å²) in [6.07, 6.45) is 1.94. The molecule has 0 saturated heterocycles. The van der Waals surface area contributed by atoms with Crippen molar-refractivity contribution in [2.45, 2.75) is 13.5 Å². The molecule has 1 aliphatic rings. The molecule has 2 aromatic rings. The molecule has 0 unspecified atom stereocenters. The lowest BCUT2D eigenvalue weighted by atomic mass is 9.94. The largest absolute Gasteiger partial charge is 0.496 e. The van der Waals surface area contributed by atoms with Gasteiger partial charge in [0.15, 0.2) is 11.5 Å². The summed E-state index contributed by atoms with van der Waals surface area (Å²) in [4.78, 5) is 0. The lowest BCUT2D eigenvalue weighted by molar-refractivity contribution is 0.195. The third kappa shape index (κ3) is 2.49. The van der Waals surface area contributed by atoms with Gasteiger partial charge >= 0.3 is 0 Å². The highest BCUT2D eigenvalue weighted by Gasteiger charge is 2.29. The average Bonchev–Trinajstić information content (AvgIpc) is 2.64. The third-order valence-electron chi connectivity index (χ3n) is 4.35. The van der Waals surface area contributed by atoms with E-state index in [-0.39, 0.29) is 0 Å². The van der Waals surface area contributed by atoms with Gasteiger partial charge in [0.05, 0.1) is 52.1 Å². The predicted octanol–water partition coefficient (Wildman–Crippen LogP) is 3.77. The average molecular weight is 346 g/mol. The van der Waals surface area contributed by atoms with Crippen molar-refractivity contribution < 1.29 is 28.4 Å². The highest BCUT2D eigenvalue weighted by Crippen LogP contribution is 2.53. The van der Waals surface area contributed by atoms with E-state index in [2.05, 4.69) is 0 Å². The Kier molecular flexibility index (Phi) is 4.53. The number of ether oxygens (including phenoxy) is 6. The molecule has 134 valence electrons. The van der Waals surface area contributed by atoms with Gasteiger partial charge in [-0.25, -0.2) is 0 Å². The second-order valence-electron chi connectivity index (χ2n) is 5.57. The second-order valence-corrected chi connectivity index (χ2v) is 5.57. The zero-order valence-corrected chi connectivity index (χ0v) is 15.3. The third-order valence-corrected chi connectivity index (χ3v) is 4.35. The highest BCUT2D eigenvalue weighted by molar-refractivity contribution is 6.07. The van der Waals surface area contributed by atoms with E-state index < -0.39 is 0 Å². The van der Waals surface area contributed by atoms with Crippen molar-refractivity contribution in [2.24, 2.45) is 0 Å². The van der Waals surface area contributed by atoms with Gasteiger partial charge in [-0.3, -0.25) is 0 Å². The molecule has 25 heavy (non-hydrogen) atoms. The van der Waals surface area contributed by atoms with Crippen molar-refractivity contribution >= 4 is 16.8 Å². The molecule has 0 spiro atoms. The number of hydrogen-bond donors (Lipinski definition) is 0. The van der Waals surface area contributed by atoms with Crippen LogP contribution in [0.3, 0.4) is 0 Å². The van der Waals surface area contributed by atoms with Crippen molar-refractivity contribution in [2.75, 3.05) is 35.5 Å². The van der Waals surface area contributed by atoms with E-state index in [0.29, 0.717) is 35.4 Å². The highest BCUT2D eigenvalue weighted by atomic mass is 16.5. The molecule has 1 aliphatic heterocycles. The molecule has 0 aliphatic carbocycles. The van der Waals surface area contributed by atoms with E-state index in [0.717, 1.165) is 27.7 Å². The van der Waals surface area contributed by atoms with Gasteiger partial charge < -0.3 is 28.4 Å². The van der Waals surface area contributed by atoms with Crippen LogP contribution < -0.4 is 23.7 Å². The lowest BCUT2D eigenvalue weighted by Crippen LogP contribution is -2.08. The van der Waals surface area contributed by atoms with Gasteiger partial charge in [-0.1, -0.05) is 0 Å². The fourth-order valence-corrected chi connectivity index (χ4v) is 3.28. The normalized spacial score (nSPS) is 12.8. The summed E-state index contributed by atoms with van der Waals surface area (Å²) in [5.41, 5.74) is 1.81. The van der Waals surface area contributed by atoms with Crippen LogP contribution in [0.5, 0.6) is 28.7 Å². The molecule has 2 aromatic carbocycles. The quantitative estimate of drug-likeness (QED) is 0.821. The smallest absolute Gasteiger partial charge is 0.172 e. The molecular formula is C19H22O6. The zero-order valence-electron chi connectivity index (χ0n) is 15.3. The van der Waals surface area contributed by atoms with E-state index >= 15 is 0 Å². The van der Waals surface area contributed by atoms with Crippen LogP contribution >= 0.6 is 0 Å². The fraction of sp³-hybridized carbons (Fsp3) is 0.368. The summed E-state index contributed by atoms with van der Waals surface area (Å²) in [6.45, 7) is 2.30. The summed E-state index contributed by atoms with van der Waals surface area (Å²) in [6, 6.07) is 1.78. The Bertz CT molecular complexity index is 853. The summed E-state index contributed by atoms with van der Waals surface area (Å²) in [5.74, 6) is 3.88. The second kappa shape index (κ2) is 6.63. The maximum absolute atomic E-state index is 5.77. The minimum Gasteiger partial charge on any atom is -0.496 e. The lowest BCUT2D eigenvalue weighted by Gasteiger charge is -2.25. The summed E-state index contributed by atoms with van der Waals surface area (Å²) < 4.78 is 33.9. The molecule has 0 amide bonds. The van der Waals surface area contributed by atoms with Crippen LogP contribution in [0.15, 0.2) is 11.8 Å². The number of fused-ring (bicyclic) bond motifs is 2. The van der Waals surface area contributed by atoms with Gasteiger partial charge in [0.1, 0.15) is 23.9 Å². The molecule has 0 radical (unpaired) electrons. The topological polar surface area (TPSA) is 55.4 Å². The van der Waals surface area contributed by atoms with Crippen LogP contribution in [0, 0.1) is 0 Å². The first kappa shape index (κ1) is 17.1. The fourth-order valence-electron chi connectivity index (χ4n) is 3.28. The van der Waals surface area contributed by atoms with Gasteiger partial charge in [0, 0.05) is 17.2 Å². The molecule has 0 saturated carbocycles. The van der Waals surface area contributed by atoms with Crippen molar-refractivity contribution in [3.63, 3.8) is 0 Å². The van der Waals surface area contributed by atoms with Gasteiger partial charge in [0.25, 0.3) is 0 Å². The minimum absolute atomic E-state index is 0.393. The molecule has 0 fully saturated rings. The van der Waals surface area contributed by atoms with Crippen molar-refractivity contribution in [1.29, 1.82) is 0 Å². The number of hydrogen-bond acceptors (Lipinski definition) is 6. The van der Waals surface area contributed by atoms with Crippen LogP contribution in [0.1, 0.15) is 18.1 Å². The maximum Gasteiger partial charge on any atom is 0.172 e. The summed E-state index contributed by atoms with van der Waals surface area (Å²) in [7, 11) is 8.05. The van der Waals surface area contributed by atoms with Crippen LogP contribution in [0.4, 0.5) is 0 Å². The number of allylic oxidation sites excluding steroid dienone is 1. The van der Waals surface area contributed by atoms with Crippen molar-refractivity contribution in [1.82, 2.24) is 0 Å². The Morgan fingerprint density at radius 3 is 1.96 bits per heavy atom. The standard InChI is InChI=1S/C19H22O6/c1-10-7-11-12(9-25-10)18(23-5)15-13(20-2)8-14(21-3)19(24-6)16(15)17(11)22-4/h7-8H,9H2,1-6H3. The van der Waals surface area contributed by atoms with Gasteiger partial charge in [-0.05, 0) is 13.0 Å². The van der Waals surface area contributed by atoms with Gasteiger partial charge in [-0.15, -0.1) is 0 Å². The van der Waals surface area contributed by atoms with Gasteiger partial charge in [-0.2, -0.15) is 0 Å². The Morgan fingerprint density at radius 2 is 1.40 bits per heavy atom. The first-order chi connectivity index (χ1) is 12.1. The summed E-state index contributed by atoms with van der Waals surface area (Å²) in [5, 5.41) is 1.50. The minimum atomic E-state index is 0.393. The van der Waals surface area contributed by atoms with E-state index in [1.165, 1.54) is 0 Å². The van der Waals surface area contributed by atoms with Crippen molar-refractivity contribution in [3.05, 3.63) is 23.0 Å². The molecule has 3 rings (SSSR count). The molecule has 6 heteroatoms. The monoisotopic (exact) mass is 346 g/mol. The van der Waals surface area contributed by atoms with Crippen molar-refractivity contribution in [3.8, 4) is 28.7 Å². The molecular weight excluding hydrogens is 324 g/mol. The predicted molar refractivity (Wildman–Crippen MR) is 95.1 cm³/mol. The van der Waals surface area contributed by atoms with Crippen LogP contribution in [0.2, 0.25) is 0 Å². The summed E-state index contributed by atoms with van der Waals surface area (Å²) >= 11 is 0. The van der Waals surface area contributed by atoms with Crippen LogP contribution in [-0.4, -0.2) is 35.5 Å². The van der Waals surface area contributed by atoms with Crippen LogP contribution in [-0.2, 0) is 11.3 Å². The zero-order chi connectivity index (χ0) is 18.1. The molecule has 1 heterocycles. The van der Waals surface area contributed by atoms with E-state index in [1.54, 1.807) is 41.6 Å². The number of benzene rings is 2. The Hall–Kier alpha value is -2.76. The Labute approximate surface area is 146 Å². The van der Waals surface area contributed by atoms with E-state index in [4.69, 9.17) is 28.4 Å². The van der Waals surface area contributed by atoms with Crippen LogP contribution in [0.25, 0.3) is 16.8 Å². The maximum atomic E-state index is 5.77. The molecule has 0 atom stereocenters. The first-order valence-corrected chi connectivity index (χ1v) is 7.81. The van der Waals surface area contributed by atoms with E-state index in [9.17, 15) is 0 Å². The number of rotatable bonds is 5.